The Bertz CT molecular complexity index is 1800. The number of benzene rings is 4. The van der Waals surface area contributed by atoms with Gasteiger partial charge in [0.1, 0.15) is 12.6 Å². The predicted octanol–water partition coefficient (Wildman–Crippen LogP) is 6.00. The monoisotopic (exact) mass is 662 g/mol. The van der Waals surface area contributed by atoms with E-state index in [9.17, 15) is 28.1 Å². The van der Waals surface area contributed by atoms with E-state index in [1.807, 2.05) is 51.1 Å². The van der Waals surface area contributed by atoms with Gasteiger partial charge in [0.15, 0.2) is 0 Å². The average molecular weight is 663 g/mol. The highest BCUT2D eigenvalue weighted by Crippen LogP contribution is 2.28. The molecule has 1 N–H and O–H groups in total. The normalized spacial score (nSPS) is 12.2. The fourth-order valence-electron chi connectivity index (χ4n) is 4.83. The van der Waals surface area contributed by atoms with E-state index in [-0.39, 0.29) is 29.2 Å². The van der Waals surface area contributed by atoms with Crippen LogP contribution in [0.5, 0.6) is 0 Å². The number of carbonyl (C=O) groups excluding carboxylic acids is 2. The van der Waals surface area contributed by atoms with E-state index in [2.05, 4.69) is 5.32 Å². The summed E-state index contributed by atoms with van der Waals surface area (Å²) in [5, 5.41) is 14.9. The van der Waals surface area contributed by atoms with Gasteiger partial charge in [0.25, 0.3) is 15.7 Å². The first-order chi connectivity index (χ1) is 21.8. The van der Waals surface area contributed by atoms with Crippen molar-refractivity contribution >= 4 is 44.8 Å². The number of non-ortho nitro benzene ring substituents is 1. The molecule has 0 aliphatic rings. The summed E-state index contributed by atoms with van der Waals surface area (Å²) < 4.78 is 28.9. The molecule has 0 aliphatic heterocycles. The Morgan fingerprint density at radius 1 is 0.891 bits per heavy atom. The van der Waals surface area contributed by atoms with Gasteiger partial charge in [0.2, 0.25) is 11.8 Å². The number of nitrogens with zero attached hydrogens (tertiary/aromatic N) is 3. The van der Waals surface area contributed by atoms with Crippen LogP contribution in [0.1, 0.15) is 31.9 Å². The van der Waals surface area contributed by atoms with Crippen molar-refractivity contribution in [3.05, 3.63) is 135 Å². The summed E-state index contributed by atoms with van der Waals surface area (Å²) >= 11 is 6.52. The summed E-state index contributed by atoms with van der Waals surface area (Å²) in [4.78, 5) is 40.6. The van der Waals surface area contributed by atoms with Gasteiger partial charge in [-0.05, 0) is 56.2 Å². The predicted molar refractivity (Wildman–Crippen MR) is 178 cm³/mol. The fraction of sp³-hybridized carbons (Fsp3) is 0.235. The van der Waals surface area contributed by atoms with E-state index >= 15 is 0 Å². The number of sulfonamides is 1. The second-order valence-corrected chi connectivity index (χ2v) is 13.9. The maximum atomic E-state index is 14.5. The number of nitro benzene ring substituents is 1. The van der Waals surface area contributed by atoms with Crippen LogP contribution in [0.2, 0.25) is 5.02 Å². The fourth-order valence-corrected chi connectivity index (χ4v) is 6.45. The number of rotatable bonds is 12. The zero-order valence-electron chi connectivity index (χ0n) is 25.7. The summed E-state index contributed by atoms with van der Waals surface area (Å²) in [6, 6.07) is 27.5. The number of hydrogen-bond donors (Lipinski definition) is 1. The minimum atomic E-state index is -4.40. The summed E-state index contributed by atoms with van der Waals surface area (Å²) in [7, 11) is -4.40. The first-order valence-electron chi connectivity index (χ1n) is 14.5. The topological polar surface area (TPSA) is 130 Å². The third-order valence-electron chi connectivity index (χ3n) is 7.01. The van der Waals surface area contributed by atoms with Crippen molar-refractivity contribution in [3.63, 3.8) is 0 Å². The average Bonchev–Trinajstić information content (AvgIpc) is 3.02. The van der Waals surface area contributed by atoms with Crippen molar-refractivity contribution in [2.24, 2.45) is 0 Å². The van der Waals surface area contributed by atoms with Crippen molar-refractivity contribution in [2.75, 3.05) is 10.8 Å². The van der Waals surface area contributed by atoms with Crippen LogP contribution in [0, 0.1) is 10.1 Å². The molecule has 0 heterocycles. The Morgan fingerprint density at radius 3 is 2.11 bits per heavy atom. The van der Waals surface area contributed by atoms with E-state index in [0.29, 0.717) is 10.6 Å². The van der Waals surface area contributed by atoms with Gasteiger partial charge < -0.3 is 10.2 Å². The van der Waals surface area contributed by atoms with Gasteiger partial charge in [0.05, 0.1) is 15.5 Å². The molecule has 240 valence electrons. The number of hydrogen-bond acceptors (Lipinski definition) is 6. The van der Waals surface area contributed by atoms with Gasteiger partial charge in [-0.2, -0.15) is 0 Å². The van der Waals surface area contributed by atoms with E-state index in [1.54, 1.807) is 30.3 Å². The van der Waals surface area contributed by atoms with E-state index in [0.717, 1.165) is 15.9 Å². The molecule has 0 unspecified atom stereocenters. The van der Waals surface area contributed by atoms with Crippen molar-refractivity contribution in [1.82, 2.24) is 10.2 Å². The molecule has 1 atom stereocenters. The highest BCUT2D eigenvalue weighted by Gasteiger charge is 2.36. The van der Waals surface area contributed by atoms with Crippen molar-refractivity contribution < 1.29 is 22.9 Å². The Labute approximate surface area is 273 Å². The van der Waals surface area contributed by atoms with Gasteiger partial charge in [-0.15, -0.1) is 0 Å². The lowest BCUT2D eigenvalue weighted by molar-refractivity contribution is -0.384. The summed E-state index contributed by atoms with van der Waals surface area (Å²) in [6.45, 7) is 4.60. The molecule has 2 amide bonds. The van der Waals surface area contributed by atoms with Crippen LogP contribution >= 0.6 is 11.6 Å². The number of nitro groups is 1. The second-order valence-electron chi connectivity index (χ2n) is 11.7. The molecule has 12 heteroatoms. The standard InChI is InChI=1S/C34H35ClN4O6S/c1-34(2,3)36-33(41)31(21-25-13-6-4-7-14-25)37(23-26-15-10-11-20-30(26)35)32(40)24-38(27-16-12-17-28(22-27)39(42)43)46(44,45)29-18-8-5-9-19-29/h4-20,22,31H,21,23-24H2,1-3H3,(H,36,41)/t31-/m1/s1. The van der Waals surface area contributed by atoms with Crippen LogP contribution in [0.3, 0.4) is 0 Å². The van der Waals surface area contributed by atoms with Crippen LogP contribution in [0.4, 0.5) is 11.4 Å². The molecule has 0 bridgehead atoms. The van der Waals surface area contributed by atoms with E-state index < -0.39 is 44.9 Å². The second kappa shape index (κ2) is 14.6. The molecule has 4 aromatic rings. The van der Waals surface area contributed by atoms with Gasteiger partial charge >= 0.3 is 0 Å². The SMILES string of the molecule is CC(C)(C)NC(=O)[C@@H](Cc1ccccc1)N(Cc1ccccc1Cl)C(=O)CN(c1cccc([N+](=O)[O-])c1)S(=O)(=O)c1ccccc1. The van der Waals surface area contributed by atoms with Crippen molar-refractivity contribution in [1.29, 1.82) is 0 Å². The Hall–Kier alpha value is -4.74. The Kier molecular flexibility index (Phi) is 10.8. The van der Waals surface area contributed by atoms with Gasteiger partial charge in [-0.1, -0.05) is 84.4 Å². The van der Waals surface area contributed by atoms with Crippen LogP contribution < -0.4 is 9.62 Å². The number of anilines is 1. The maximum Gasteiger partial charge on any atom is 0.271 e. The molecule has 0 aliphatic carbocycles. The minimum Gasteiger partial charge on any atom is -0.350 e. The van der Waals surface area contributed by atoms with Crippen LogP contribution in [0.25, 0.3) is 0 Å². The van der Waals surface area contributed by atoms with Crippen LogP contribution in [-0.4, -0.2) is 48.2 Å². The first-order valence-corrected chi connectivity index (χ1v) is 16.3. The largest absolute Gasteiger partial charge is 0.350 e. The molecule has 10 nitrogen and oxygen atoms in total. The van der Waals surface area contributed by atoms with Crippen LogP contribution in [0.15, 0.2) is 114 Å². The molecule has 4 aromatic carbocycles. The molecule has 0 aromatic heterocycles. The highest BCUT2D eigenvalue weighted by atomic mass is 35.5. The van der Waals surface area contributed by atoms with Crippen molar-refractivity contribution in [2.45, 2.75) is 50.2 Å². The van der Waals surface area contributed by atoms with E-state index in [1.165, 1.54) is 47.4 Å². The number of amides is 2. The lowest BCUT2D eigenvalue weighted by Gasteiger charge is -2.35. The number of carbonyl (C=O) groups is 2. The molecule has 0 radical (unpaired) electrons. The Morgan fingerprint density at radius 2 is 1.50 bits per heavy atom. The molecule has 46 heavy (non-hydrogen) atoms. The lowest BCUT2D eigenvalue weighted by atomic mass is 10.0. The van der Waals surface area contributed by atoms with Crippen LogP contribution in [-0.2, 0) is 32.6 Å². The minimum absolute atomic E-state index is 0.0807. The van der Waals surface area contributed by atoms with E-state index in [4.69, 9.17) is 11.6 Å². The molecule has 0 saturated heterocycles. The first kappa shape index (κ1) is 34.1. The molecular weight excluding hydrogens is 628 g/mol. The smallest absolute Gasteiger partial charge is 0.271 e. The third kappa shape index (κ3) is 8.70. The number of halogens is 1. The highest BCUT2D eigenvalue weighted by molar-refractivity contribution is 7.92. The molecular formula is C34H35ClN4O6S. The van der Waals surface area contributed by atoms with Gasteiger partial charge in [0, 0.05) is 35.7 Å². The van der Waals surface area contributed by atoms with Crippen molar-refractivity contribution in [3.8, 4) is 0 Å². The quantitative estimate of drug-likeness (QED) is 0.146. The molecule has 0 fully saturated rings. The molecule has 0 saturated carbocycles. The zero-order valence-corrected chi connectivity index (χ0v) is 27.2. The maximum absolute atomic E-state index is 14.5. The Balaban J connectivity index is 1.85. The summed E-state index contributed by atoms with van der Waals surface area (Å²) in [5.41, 5.74) is 0.255. The third-order valence-corrected chi connectivity index (χ3v) is 9.16. The summed E-state index contributed by atoms with van der Waals surface area (Å²) in [6.07, 6.45) is 0.126. The molecule has 4 rings (SSSR count). The van der Waals surface area contributed by atoms with Gasteiger partial charge in [-0.3, -0.25) is 24.0 Å². The number of nitrogens with one attached hydrogen (secondary N) is 1. The van der Waals surface area contributed by atoms with Gasteiger partial charge in [-0.25, -0.2) is 8.42 Å². The lowest BCUT2D eigenvalue weighted by Crippen LogP contribution is -2.56. The molecule has 0 spiro atoms. The summed E-state index contributed by atoms with van der Waals surface area (Å²) in [5.74, 6) is -1.15. The zero-order chi connectivity index (χ0) is 33.5.